The summed E-state index contributed by atoms with van der Waals surface area (Å²) in [6, 6.07) is 28.6. The lowest BCUT2D eigenvalue weighted by molar-refractivity contribution is 0.0686. The van der Waals surface area contributed by atoms with E-state index in [1.54, 1.807) is 24.3 Å². The van der Waals surface area contributed by atoms with Crippen molar-refractivity contribution >= 4 is 35.8 Å². The molecule has 266 valence electrons. The number of carboxylic acid groups (broad SMARTS) is 6. The van der Waals surface area contributed by atoms with Crippen molar-refractivity contribution in [2.75, 3.05) is 0 Å². The lowest BCUT2D eigenvalue weighted by Crippen LogP contribution is -2.05. The second kappa shape index (κ2) is 14.4. The normalized spacial score (nSPS) is 10.7. The monoisotopic (exact) mass is 722 g/mol. The van der Waals surface area contributed by atoms with E-state index in [9.17, 15) is 59.4 Å². The van der Waals surface area contributed by atoms with Crippen LogP contribution in [0, 0.1) is 0 Å². The topological polar surface area (TPSA) is 224 Å². The fraction of sp³-hybridized carbons (Fsp3) is 0. The van der Waals surface area contributed by atoms with Gasteiger partial charge < -0.3 is 30.6 Å². The quantitative estimate of drug-likeness (QED) is 0.0744. The molecule has 12 heteroatoms. The zero-order valence-electron chi connectivity index (χ0n) is 27.7. The van der Waals surface area contributed by atoms with Crippen LogP contribution in [-0.2, 0) is 0 Å². The van der Waals surface area contributed by atoms with Gasteiger partial charge in [-0.25, -0.2) is 28.8 Å². The first-order valence-electron chi connectivity index (χ1n) is 15.9. The minimum absolute atomic E-state index is 0.0338. The number of aromatic carboxylic acids is 6. The zero-order chi connectivity index (χ0) is 38.8. The molecular weight excluding hydrogens is 696 g/mol. The molecule has 54 heavy (non-hydrogen) atoms. The van der Waals surface area contributed by atoms with Gasteiger partial charge in [-0.1, -0.05) is 78.9 Å². The van der Waals surface area contributed by atoms with Crippen LogP contribution >= 0.6 is 0 Å². The van der Waals surface area contributed by atoms with Gasteiger partial charge in [0.05, 0.1) is 33.4 Å². The van der Waals surface area contributed by atoms with Gasteiger partial charge in [0.1, 0.15) is 0 Å². The van der Waals surface area contributed by atoms with E-state index < -0.39 is 35.8 Å². The van der Waals surface area contributed by atoms with Crippen molar-refractivity contribution in [1.82, 2.24) is 0 Å². The Labute approximate surface area is 305 Å². The number of hydrogen-bond acceptors (Lipinski definition) is 6. The molecule has 0 aliphatic heterocycles. The molecule has 6 aromatic rings. The number of rotatable bonds is 11. The van der Waals surface area contributed by atoms with Crippen LogP contribution in [0.25, 0.3) is 55.6 Å². The highest BCUT2D eigenvalue weighted by Gasteiger charge is 2.22. The third-order valence-electron chi connectivity index (χ3n) is 8.82. The lowest BCUT2D eigenvalue weighted by atomic mass is 9.88. The van der Waals surface area contributed by atoms with E-state index in [4.69, 9.17) is 0 Å². The molecule has 6 N–H and O–H groups in total. The number of benzene rings is 6. The summed E-state index contributed by atoms with van der Waals surface area (Å²) in [6.45, 7) is 0. The summed E-state index contributed by atoms with van der Waals surface area (Å²) in [5.41, 5.74) is 1.14. The van der Waals surface area contributed by atoms with Gasteiger partial charge in [-0.3, -0.25) is 0 Å². The van der Waals surface area contributed by atoms with Crippen LogP contribution in [0.4, 0.5) is 0 Å². The predicted molar refractivity (Wildman–Crippen MR) is 195 cm³/mol. The third-order valence-corrected chi connectivity index (χ3v) is 8.82. The Morgan fingerprint density at radius 3 is 0.926 bits per heavy atom. The van der Waals surface area contributed by atoms with Crippen LogP contribution in [0.2, 0.25) is 0 Å². The summed E-state index contributed by atoms with van der Waals surface area (Å²) < 4.78 is 0. The molecule has 6 aromatic carbocycles. The van der Waals surface area contributed by atoms with Crippen molar-refractivity contribution in [3.8, 4) is 55.6 Å². The molecule has 12 nitrogen and oxygen atoms in total. The molecule has 6 rings (SSSR count). The fourth-order valence-electron chi connectivity index (χ4n) is 6.30. The molecular formula is C42H26O12. The van der Waals surface area contributed by atoms with Gasteiger partial charge in [0.2, 0.25) is 0 Å². The molecule has 0 atom stereocenters. The molecule has 0 saturated carbocycles. The highest BCUT2D eigenvalue weighted by atomic mass is 16.4. The van der Waals surface area contributed by atoms with Crippen LogP contribution in [0.5, 0.6) is 0 Å². The van der Waals surface area contributed by atoms with E-state index in [1.807, 2.05) is 0 Å². The number of carboxylic acids is 6. The summed E-state index contributed by atoms with van der Waals surface area (Å²) in [7, 11) is 0. The Bertz CT molecular complexity index is 2580. The Morgan fingerprint density at radius 1 is 0.278 bits per heavy atom. The van der Waals surface area contributed by atoms with Gasteiger partial charge in [0.15, 0.2) is 0 Å². The summed E-state index contributed by atoms with van der Waals surface area (Å²) in [6.07, 6.45) is 0. The van der Waals surface area contributed by atoms with Gasteiger partial charge in [-0.05, 0) is 98.1 Å². The number of carbonyl (C=O) groups is 6. The van der Waals surface area contributed by atoms with Crippen molar-refractivity contribution in [2.45, 2.75) is 0 Å². The average Bonchev–Trinajstić information content (AvgIpc) is 3.16. The van der Waals surface area contributed by atoms with E-state index in [2.05, 4.69) is 0 Å². The van der Waals surface area contributed by atoms with Gasteiger partial charge in [0.25, 0.3) is 0 Å². The first-order valence-corrected chi connectivity index (χ1v) is 15.9. The maximum Gasteiger partial charge on any atom is 0.336 e. The maximum absolute atomic E-state index is 12.6. The Kier molecular flexibility index (Phi) is 9.59. The van der Waals surface area contributed by atoms with Crippen LogP contribution in [-0.4, -0.2) is 66.5 Å². The highest BCUT2D eigenvalue weighted by molar-refractivity contribution is 6.05. The second-order valence-corrected chi connectivity index (χ2v) is 12.0. The molecule has 0 heterocycles. The summed E-state index contributed by atoms with van der Waals surface area (Å²) >= 11 is 0. The van der Waals surface area contributed by atoms with Crippen LogP contribution in [0.3, 0.4) is 0 Å². The summed E-state index contributed by atoms with van der Waals surface area (Å²) in [5.74, 6) is -7.84. The van der Waals surface area contributed by atoms with E-state index >= 15 is 0 Å². The molecule has 0 amide bonds. The Hall–Kier alpha value is -7.86. The second-order valence-electron chi connectivity index (χ2n) is 12.0. The summed E-state index contributed by atoms with van der Waals surface area (Å²) in [4.78, 5) is 73.1. The molecule has 0 aliphatic rings. The predicted octanol–water partition coefficient (Wildman–Crippen LogP) is 8.21. The Balaban J connectivity index is 1.42. The van der Waals surface area contributed by atoms with E-state index in [0.29, 0.717) is 16.7 Å². The van der Waals surface area contributed by atoms with Crippen LogP contribution in [0.1, 0.15) is 62.1 Å². The maximum atomic E-state index is 12.6. The lowest BCUT2D eigenvalue weighted by Gasteiger charge is -2.15. The largest absolute Gasteiger partial charge is 0.478 e. The fourth-order valence-corrected chi connectivity index (χ4v) is 6.30. The molecule has 0 aliphatic carbocycles. The van der Waals surface area contributed by atoms with Crippen LogP contribution < -0.4 is 0 Å². The highest BCUT2D eigenvalue weighted by Crippen LogP contribution is 2.37. The third kappa shape index (κ3) is 6.90. The van der Waals surface area contributed by atoms with Crippen molar-refractivity contribution in [2.24, 2.45) is 0 Å². The molecule has 0 bridgehead atoms. The first kappa shape index (κ1) is 35.9. The first-order chi connectivity index (χ1) is 25.7. The minimum atomic E-state index is -1.38. The van der Waals surface area contributed by atoms with E-state index in [1.165, 1.54) is 97.1 Å². The molecule has 0 fully saturated rings. The summed E-state index contributed by atoms with van der Waals surface area (Å²) in [5, 5.41) is 59.6. The van der Waals surface area contributed by atoms with Crippen LogP contribution in [0.15, 0.2) is 121 Å². The zero-order valence-corrected chi connectivity index (χ0v) is 27.7. The van der Waals surface area contributed by atoms with E-state index in [0.717, 1.165) is 0 Å². The van der Waals surface area contributed by atoms with Gasteiger partial charge in [0, 0.05) is 0 Å². The SMILES string of the molecule is O=C(O)c1cccc(-c2ccc(-c3ccc(-c4ccc(-c5ccc(-c6ccccc6C(=O)O)cc5C(=O)O)cc4C(=O)O)cc3C(=O)O)cc2C(=O)O)c1. The minimum Gasteiger partial charge on any atom is -0.478 e. The van der Waals surface area contributed by atoms with Gasteiger partial charge in [-0.2, -0.15) is 0 Å². The molecule has 0 spiro atoms. The smallest absolute Gasteiger partial charge is 0.336 e. The molecule has 0 unspecified atom stereocenters. The Morgan fingerprint density at radius 2 is 0.593 bits per heavy atom. The van der Waals surface area contributed by atoms with Crippen molar-refractivity contribution in [1.29, 1.82) is 0 Å². The van der Waals surface area contributed by atoms with Crippen molar-refractivity contribution in [3.63, 3.8) is 0 Å². The van der Waals surface area contributed by atoms with E-state index in [-0.39, 0.29) is 72.3 Å². The van der Waals surface area contributed by atoms with Crippen molar-refractivity contribution in [3.05, 3.63) is 155 Å². The molecule has 0 saturated heterocycles. The number of hydrogen-bond donors (Lipinski definition) is 6. The average molecular weight is 723 g/mol. The molecule has 0 radical (unpaired) electrons. The van der Waals surface area contributed by atoms with Gasteiger partial charge >= 0.3 is 35.8 Å². The van der Waals surface area contributed by atoms with Gasteiger partial charge in [-0.15, -0.1) is 0 Å². The van der Waals surface area contributed by atoms with Crippen molar-refractivity contribution < 1.29 is 59.4 Å². The molecule has 0 aromatic heterocycles. The standard InChI is InChI=1S/C42H26O12/c43-37(44)26-5-3-4-21(16-26)28-12-9-23(18-33(28)39(47)48)30-14-11-25(20-35(30)41(51)52)31-15-10-24(19-36(31)42(53)54)29-13-8-22(17-34(29)40(49)50)27-6-1-2-7-32(27)38(45)46/h1-20H,(H,43,44)(H,45,46)(H,47,48)(H,49,50)(H,51,52)(H,53,54).